The maximum absolute atomic E-state index is 13.3. The molecule has 4 rings (SSSR count). The quantitative estimate of drug-likeness (QED) is 0.527. The first-order valence-corrected chi connectivity index (χ1v) is 11.1. The Bertz CT molecular complexity index is 1080. The van der Waals surface area contributed by atoms with Gasteiger partial charge < -0.3 is 14.8 Å². The summed E-state index contributed by atoms with van der Waals surface area (Å²) in [7, 11) is 0. The SMILES string of the molecule is CCCCCc1nc2ccc(N3CCN(C(=O)c4ccccc4C(F)(F)F)CC3)cc2[nH]1. The molecular formula is C24H27F3N4O. The van der Waals surface area contributed by atoms with Crippen molar-refractivity contribution in [3.05, 3.63) is 59.4 Å². The van der Waals surface area contributed by atoms with Crippen molar-refractivity contribution < 1.29 is 18.0 Å². The largest absolute Gasteiger partial charge is 0.417 e. The van der Waals surface area contributed by atoms with Gasteiger partial charge in [-0.25, -0.2) is 4.98 Å². The number of H-pyrrole nitrogens is 1. The topological polar surface area (TPSA) is 52.2 Å². The first-order chi connectivity index (χ1) is 15.4. The second-order valence-electron chi connectivity index (χ2n) is 8.16. The molecule has 0 unspecified atom stereocenters. The second kappa shape index (κ2) is 9.22. The van der Waals surface area contributed by atoms with E-state index in [1.165, 1.54) is 35.9 Å². The molecule has 170 valence electrons. The molecule has 0 bridgehead atoms. The van der Waals surface area contributed by atoms with Gasteiger partial charge in [0.2, 0.25) is 0 Å². The predicted octanol–water partition coefficient (Wildman–Crippen LogP) is 5.28. The number of carbonyl (C=O) groups is 1. The summed E-state index contributed by atoms with van der Waals surface area (Å²) in [5.74, 6) is 0.419. The number of rotatable bonds is 6. The van der Waals surface area contributed by atoms with Crippen LogP contribution in [0.3, 0.4) is 0 Å². The normalized spacial score (nSPS) is 14.9. The lowest BCUT2D eigenvalue weighted by molar-refractivity contribution is -0.138. The molecule has 0 saturated carbocycles. The molecule has 1 N–H and O–H groups in total. The molecule has 1 saturated heterocycles. The maximum atomic E-state index is 13.3. The molecular weight excluding hydrogens is 417 g/mol. The Hall–Kier alpha value is -3.03. The zero-order chi connectivity index (χ0) is 22.7. The fourth-order valence-electron chi connectivity index (χ4n) is 4.16. The second-order valence-corrected chi connectivity index (χ2v) is 8.16. The van der Waals surface area contributed by atoms with E-state index in [0.29, 0.717) is 26.2 Å². The molecule has 32 heavy (non-hydrogen) atoms. The van der Waals surface area contributed by atoms with Crippen LogP contribution in [0.25, 0.3) is 11.0 Å². The summed E-state index contributed by atoms with van der Waals surface area (Å²) in [4.78, 5) is 24.5. The van der Waals surface area contributed by atoms with E-state index in [1.54, 1.807) is 0 Å². The molecule has 1 aliphatic rings. The molecule has 0 radical (unpaired) electrons. The van der Waals surface area contributed by atoms with Gasteiger partial charge in [-0.05, 0) is 36.8 Å². The average Bonchev–Trinajstić information content (AvgIpc) is 3.20. The molecule has 0 atom stereocenters. The number of fused-ring (bicyclic) bond motifs is 1. The highest BCUT2D eigenvalue weighted by atomic mass is 19.4. The van der Waals surface area contributed by atoms with Crippen LogP contribution in [0, 0.1) is 0 Å². The van der Waals surface area contributed by atoms with E-state index < -0.39 is 17.6 Å². The number of nitrogens with one attached hydrogen (secondary N) is 1. The van der Waals surface area contributed by atoms with Gasteiger partial charge in [-0.3, -0.25) is 4.79 Å². The zero-order valence-corrected chi connectivity index (χ0v) is 18.1. The van der Waals surface area contributed by atoms with E-state index in [0.717, 1.165) is 41.5 Å². The number of aryl methyl sites for hydroxylation is 1. The van der Waals surface area contributed by atoms with Crippen molar-refractivity contribution in [1.82, 2.24) is 14.9 Å². The van der Waals surface area contributed by atoms with Gasteiger partial charge >= 0.3 is 6.18 Å². The van der Waals surface area contributed by atoms with Gasteiger partial charge in [-0.2, -0.15) is 13.2 Å². The lowest BCUT2D eigenvalue weighted by atomic mass is 10.1. The van der Waals surface area contributed by atoms with Crippen LogP contribution in [-0.2, 0) is 12.6 Å². The van der Waals surface area contributed by atoms with Crippen LogP contribution in [0.15, 0.2) is 42.5 Å². The smallest absolute Gasteiger partial charge is 0.368 e. The minimum absolute atomic E-state index is 0.289. The van der Waals surface area contributed by atoms with Crippen molar-refractivity contribution >= 4 is 22.6 Å². The highest BCUT2D eigenvalue weighted by Gasteiger charge is 2.36. The third-order valence-corrected chi connectivity index (χ3v) is 5.93. The van der Waals surface area contributed by atoms with Gasteiger partial charge in [0, 0.05) is 38.3 Å². The van der Waals surface area contributed by atoms with Gasteiger partial charge in [0.15, 0.2) is 0 Å². The van der Waals surface area contributed by atoms with Gasteiger partial charge in [-0.1, -0.05) is 31.9 Å². The lowest BCUT2D eigenvalue weighted by Crippen LogP contribution is -2.49. The predicted molar refractivity (Wildman–Crippen MR) is 119 cm³/mol. The van der Waals surface area contributed by atoms with Crippen molar-refractivity contribution in [2.45, 2.75) is 38.8 Å². The number of alkyl halides is 3. The number of halogens is 3. The van der Waals surface area contributed by atoms with Crippen LogP contribution in [-0.4, -0.2) is 47.0 Å². The van der Waals surface area contributed by atoms with Crippen molar-refractivity contribution in [2.75, 3.05) is 31.1 Å². The molecule has 1 amide bonds. The molecule has 0 aliphatic carbocycles. The van der Waals surface area contributed by atoms with E-state index in [-0.39, 0.29) is 5.56 Å². The molecule has 3 aromatic rings. The van der Waals surface area contributed by atoms with Crippen molar-refractivity contribution in [3.63, 3.8) is 0 Å². The highest BCUT2D eigenvalue weighted by Crippen LogP contribution is 2.32. The number of aromatic amines is 1. The summed E-state index contributed by atoms with van der Waals surface area (Å²) in [5, 5.41) is 0. The molecule has 1 aromatic heterocycles. The number of benzene rings is 2. The summed E-state index contributed by atoms with van der Waals surface area (Å²) in [6, 6.07) is 11.0. The number of piperazine rings is 1. The van der Waals surface area contributed by atoms with Crippen LogP contribution in [0.1, 0.15) is 47.9 Å². The Labute approximate surface area is 185 Å². The fourth-order valence-corrected chi connectivity index (χ4v) is 4.16. The van der Waals surface area contributed by atoms with E-state index in [9.17, 15) is 18.0 Å². The standard InChI is InChI=1S/C24H27F3N4O/c1-2-3-4-9-22-28-20-11-10-17(16-21(20)29-22)30-12-14-31(15-13-30)23(32)18-7-5-6-8-19(18)24(25,26)27/h5-8,10-11,16H,2-4,9,12-15H2,1H3,(H,28,29). The number of imidazole rings is 1. The Morgan fingerprint density at radius 1 is 1.06 bits per heavy atom. The van der Waals surface area contributed by atoms with Gasteiger partial charge in [0.1, 0.15) is 5.82 Å². The van der Waals surface area contributed by atoms with Crippen LogP contribution in [0.4, 0.5) is 18.9 Å². The van der Waals surface area contributed by atoms with E-state index >= 15 is 0 Å². The molecule has 2 aromatic carbocycles. The van der Waals surface area contributed by atoms with Gasteiger partial charge in [0.25, 0.3) is 5.91 Å². The van der Waals surface area contributed by atoms with Crippen molar-refractivity contribution in [1.29, 1.82) is 0 Å². The van der Waals surface area contributed by atoms with Crippen LogP contribution < -0.4 is 4.90 Å². The van der Waals surface area contributed by atoms with E-state index in [2.05, 4.69) is 27.9 Å². The fraction of sp³-hybridized carbons (Fsp3) is 0.417. The Kier molecular flexibility index (Phi) is 6.39. The first-order valence-electron chi connectivity index (χ1n) is 11.1. The average molecular weight is 445 g/mol. The summed E-state index contributed by atoms with van der Waals surface area (Å²) < 4.78 is 39.9. The number of amides is 1. The number of hydrogen-bond acceptors (Lipinski definition) is 3. The van der Waals surface area contributed by atoms with Crippen LogP contribution in [0.5, 0.6) is 0 Å². The number of carbonyl (C=O) groups excluding carboxylic acids is 1. The minimum Gasteiger partial charge on any atom is -0.368 e. The molecule has 2 heterocycles. The van der Waals surface area contributed by atoms with E-state index in [4.69, 9.17) is 0 Å². The third kappa shape index (κ3) is 4.74. The monoisotopic (exact) mass is 444 g/mol. The lowest BCUT2D eigenvalue weighted by Gasteiger charge is -2.36. The third-order valence-electron chi connectivity index (χ3n) is 5.93. The summed E-state index contributed by atoms with van der Waals surface area (Å²) in [5.41, 5.74) is 1.75. The Morgan fingerprint density at radius 3 is 2.53 bits per heavy atom. The number of hydrogen-bond donors (Lipinski definition) is 1. The summed E-state index contributed by atoms with van der Waals surface area (Å²) >= 11 is 0. The molecule has 1 fully saturated rings. The zero-order valence-electron chi connectivity index (χ0n) is 18.1. The number of unbranched alkanes of at least 4 members (excludes halogenated alkanes) is 2. The molecule has 1 aliphatic heterocycles. The molecule has 5 nitrogen and oxygen atoms in total. The number of anilines is 1. The van der Waals surface area contributed by atoms with E-state index in [1.807, 2.05) is 12.1 Å². The van der Waals surface area contributed by atoms with Gasteiger partial charge in [0.05, 0.1) is 22.2 Å². The highest BCUT2D eigenvalue weighted by molar-refractivity contribution is 5.96. The first kappa shape index (κ1) is 22.2. The summed E-state index contributed by atoms with van der Waals surface area (Å²) in [6.07, 6.45) is -0.170. The Balaban J connectivity index is 1.42. The number of nitrogens with zero attached hydrogens (tertiary/aromatic N) is 3. The van der Waals surface area contributed by atoms with Crippen molar-refractivity contribution in [3.8, 4) is 0 Å². The summed E-state index contributed by atoms with van der Waals surface area (Å²) in [6.45, 7) is 4.03. The maximum Gasteiger partial charge on any atom is 0.417 e. The van der Waals surface area contributed by atoms with Crippen LogP contribution in [0.2, 0.25) is 0 Å². The number of aromatic nitrogens is 2. The molecule has 8 heteroatoms. The van der Waals surface area contributed by atoms with Crippen molar-refractivity contribution in [2.24, 2.45) is 0 Å². The van der Waals surface area contributed by atoms with Crippen LogP contribution >= 0.6 is 0 Å². The van der Waals surface area contributed by atoms with Gasteiger partial charge in [-0.15, -0.1) is 0 Å². The molecule has 0 spiro atoms. The Morgan fingerprint density at radius 2 is 1.81 bits per heavy atom. The minimum atomic E-state index is -4.55.